The number of fused-ring (bicyclic) bond motifs is 1. The molecule has 0 saturated heterocycles. The van der Waals surface area contributed by atoms with Crippen LogP contribution >= 0.6 is 22.6 Å². The fourth-order valence-electron chi connectivity index (χ4n) is 2.98. The third-order valence-electron chi connectivity index (χ3n) is 3.96. The van der Waals surface area contributed by atoms with E-state index in [0.717, 1.165) is 24.5 Å². The number of methoxy groups -OCH3 is 1. The van der Waals surface area contributed by atoms with E-state index in [9.17, 15) is 0 Å². The van der Waals surface area contributed by atoms with Gasteiger partial charge in [0.1, 0.15) is 0 Å². The van der Waals surface area contributed by atoms with Crippen LogP contribution in [0.2, 0.25) is 0 Å². The van der Waals surface area contributed by atoms with Crippen LogP contribution in [0.15, 0.2) is 36.4 Å². The van der Waals surface area contributed by atoms with Gasteiger partial charge < -0.3 is 14.8 Å². The van der Waals surface area contributed by atoms with E-state index in [1.807, 2.05) is 6.92 Å². The third kappa shape index (κ3) is 3.08. The first kappa shape index (κ1) is 15.6. The summed E-state index contributed by atoms with van der Waals surface area (Å²) < 4.78 is 12.5. The molecule has 1 aliphatic rings. The zero-order valence-electron chi connectivity index (χ0n) is 12.9. The van der Waals surface area contributed by atoms with Crippen LogP contribution in [0.25, 0.3) is 0 Å². The highest BCUT2D eigenvalue weighted by molar-refractivity contribution is 14.1. The van der Waals surface area contributed by atoms with Crippen LogP contribution in [0.1, 0.15) is 29.7 Å². The molecule has 4 heteroatoms. The van der Waals surface area contributed by atoms with Gasteiger partial charge in [0.05, 0.1) is 19.8 Å². The average Bonchev–Trinajstić information content (AvgIpc) is 2.54. The molecular formula is C18H20INO2. The minimum Gasteiger partial charge on any atom is -0.493 e. The Morgan fingerprint density at radius 3 is 2.82 bits per heavy atom. The zero-order chi connectivity index (χ0) is 15.5. The first-order valence-electron chi connectivity index (χ1n) is 7.55. The summed E-state index contributed by atoms with van der Waals surface area (Å²) in [5.41, 5.74) is 3.92. The summed E-state index contributed by atoms with van der Waals surface area (Å²) in [5.74, 6) is 1.65. The Kier molecular flexibility index (Phi) is 4.88. The summed E-state index contributed by atoms with van der Waals surface area (Å²) in [6.07, 6.45) is 1.01. The molecule has 0 amide bonds. The lowest BCUT2D eigenvalue weighted by molar-refractivity contribution is 0.309. The van der Waals surface area contributed by atoms with E-state index >= 15 is 0 Å². The van der Waals surface area contributed by atoms with Crippen molar-refractivity contribution in [2.45, 2.75) is 19.4 Å². The van der Waals surface area contributed by atoms with Crippen molar-refractivity contribution in [1.82, 2.24) is 5.32 Å². The van der Waals surface area contributed by atoms with Crippen LogP contribution < -0.4 is 14.8 Å². The monoisotopic (exact) mass is 409 g/mol. The Labute approximate surface area is 145 Å². The van der Waals surface area contributed by atoms with Gasteiger partial charge in [-0.3, -0.25) is 0 Å². The van der Waals surface area contributed by atoms with Gasteiger partial charge in [-0.1, -0.05) is 12.1 Å². The molecule has 2 aromatic rings. The maximum Gasteiger partial charge on any atom is 0.161 e. The van der Waals surface area contributed by atoms with E-state index in [-0.39, 0.29) is 6.04 Å². The van der Waals surface area contributed by atoms with E-state index in [1.54, 1.807) is 7.11 Å². The van der Waals surface area contributed by atoms with Gasteiger partial charge in [-0.05, 0) is 76.9 Å². The standard InChI is InChI=1S/C18H20INO2/c1-3-22-17-11-15-12(10-16(17)21-2)7-8-20-18(15)13-5-4-6-14(19)9-13/h4-6,9-11,18,20H,3,7-8H2,1-2H3. The maximum absolute atomic E-state index is 5.75. The average molecular weight is 409 g/mol. The van der Waals surface area contributed by atoms with Crippen molar-refractivity contribution in [3.8, 4) is 11.5 Å². The number of rotatable bonds is 4. The number of hydrogen-bond donors (Lipinski definition) is 1. The number of nitrogens with one attached hydrogen (secondary N) is 1. The SMILES string of the molecule is CCOc1cc2c(cc1OC)CCNC2c1cccc(I)c1. The molecule has 1 N–H and O–H groups in total. The number of halogens is 1. The van der Waals surface area contributed by atoms with Crippen LogP contribution in [-0.4, -0.2) is 20.3 Å². The van der Waals surface area contributed by atoms with Gasteiger partial charge in [0.25, 0.3) is 0 Å². The van der Waals surface area contributed by atoms with Crippen LogP contribution in [-0.2, 0) is 6.42 Å². The highest BCUT2D eigenvalue weighted by Crippen LogP contribution is 2.37. The van der Waals surface area contributed by atoms with E-state index in [1.165, 1.54) is 20.3 Å². The van der Waals surface area contributed by atoms with E-state index in [2.05, 4.69) is 64.3 Å². The van der Waals surface area contributed by atoms with Crippen molar-refractivity contribution in [3.63, 3.8) is 0 Å². The second kappa shape index (κ2) is 6.87. The van der Waals surface area contributed by atoms with E-state index in [4.69, 9.17) is 9.47 Å². The highest BCUT2D eigenvalue weighted by atomic mass is 127. The zero-order valence-corrected chi connectivity index (χ0v) is 15.0. The molecule has 116 valence electrons. The second-order valence-corrected chi connectivity index (χ2v) is 6.57. The molecule has 0 spiro atoms. The van der Waals surface area contributed by atoms with Crippen molar-refractivity contribution in [3.05, 3.63) is 56.7 Å². The maximum atomic E-state index is 5.75. The smallest absolute Gasteiger partial charge is 0.161 e. The molecule has 22 heavy (non-hydrogen) atoms. The molecule has 0 aromatic heterocycles. The Morgan fingerprint density at radius 2 is 2.09 bits per heavy atom. The molecule has 1 unspecified atom stereocenters. The Hall–Kier alpha value is -1.27. The van der Waals surface area contributed by atoms with Crippen LogP contribution in [0.5, 0.6) is 11.5 Å². The third-order valence-corrected chi connectivity index (χ3v) is 4.63. The summed E-state index contributed by atoms with van der Waals surface area (Å²) in [5, 5.41) is 3.63. The van der Waals surface area contributed by atoms with Crippen molar-refractivity contribution in [2.24, 2.45) is 0 Å². The Morgan fingerprint density at radius 1 is 1.23 bits per heavy atom. The quantitative estimate of drug-likeness (QED) is 0.777. The summed E-state index contributed by atoms with van der Waals surface area (Å²) in [6, 6.07) is 13.1. The van der Waals surface area contributed by atoms with Gasteiger partial charge in [-0.2, -0.15) is 0 Å². The predicted octanol–water partition coefficient (Wildman–Crippen LogP) is 3.93. The van der Waals surface area contributed by atoms with Gasteiger partial charge >= 0.3 is 0 Å². The minimum atomic E-state index is 0.212. The molecule has 1 atom stereocenters. The molecular weight excluding hydrogens is 389 g/mol. The molecule has 3 nitrogen and oxygen atoms in total. The minimum absolute atomic E-state index is 0.212. The lowest BCUT2D eigenvalue weighted by atomic mass is 9.89. The van der Waals surface area contributed by atoms with E-state index in [0.29, 0.717) is 6.61 Å². The molecule has 0 radical (unpaired) electrons. The number of ether oxygens (including phenoxy) is 2. The van der Waals surface area contributed by atoms with Gasteiger partial charge in [0.15, 0.2) is 11.5 Å². The van der Waals surface area contributed by atoms with Crippen molar-refractivity contribution < 1.29 is 9.47 Å². The summed E-state index contributed by atoms with van der Waals surface area (Å²) in [6.45, 7) is 3.60. The van der Waals surface area contributed by atoms with Gasteiger partial charge in [-0.25, -0.2) is 0 Å². The summed E-state index contributed by atoms with van der Waals surface area (Å²) in [7, 11) is 1.70. The predicted molar refractivity (Wildman–Crippen MR) is 96.9 cm³/mol. The van der Waals surface area contributed by atoms with Crippen LogP contribution in [0, 0.1) is 3.57 Å². The first-order chi connectivity index (χ1) is 10.7. The van der Waals surface area contributed by atoms with E-state index < -0.39 is 0 Å². The molecule has 0 aliphatic carbocycles. The van der Waals surface area contributed by atoms with Crippen molar-refractivity contribution in [1.29, 1.82) is 0 Å². The van der Waals surface area contributed by atoms with Gasteiger partial charge in [0.2, 0.25) is 0 Å². The molecule has 2 aromatic carbocycles. The molecule has 1 aliphatic heterocycles. The Bertz CT molecular complexity index is 672. The lowest BCUT2D eigenvalue weighted by Crippen LogP contribution is -2.30. The lowest BCUT2D eigenvalue weighted by Gasteiger charge is -2.28. The number of hydrogen-bond acceptors (Lipinski definition) is 3. The number of benzene rings is 2. The second-order valence-electron chi connectivity index (χ2n) is 5.33. The van der Waals surface area contributed by atoms with Crippen molar-refractivity contribution in [2.75, 3.05) is 20.3 Å². The Balaban J connectivity index is 2.06. The molecule has 3 rings (SSSR count). The molecule has 0 fully saturated rings. The summed E-state index contributed by atoms with van der Waals surface area (Å²) in [4.78, 5) is 0. The largest absolute Gasteiger partial charge is 0.493 e. The van der Waals surface area contributed by atoms with Crippen molar-refractivity contribution >= 4 is 22.6 Å². The highest BCUT2D eigenvalue weighted by Gasteiger charge is 2.24. The molecule has 0 bridgehead atoms. The van der Waals surface area contributed by atoms with Crippen LogP contribution in [0.3, 0.4) is 0 Å². The van der Waals surface area contributed by atoms with Crippen LogP contribution in [0.4, 0.5) is 0 Å². The topological polar surface area (TPSA) is 30.5 Å². The van der Waals surface area contributed by atoms with Gasteiger partial charge in [0, 0.05) is 10.1 Å². The first-order valence-corrected chi connectivity index (χ1v) is 8.63. The molecule has 0 saturated carbocycles. The van der Waals surface area contributed by atoms with Gasteiger partial charge in [-0.15, -0.1) is 0 Å². The normalized spacial score (nSPS) is 17.0. The fraction of sp³-hybridized carbons (Fsp3) is 0.333. The fourth-order valence-corrected chi connectivity index (χ4v) is 3.54. The molecule has 1 heterocycles. The summed E-state index contributed by atoms with van der Waals surface area (Å²) >= 11 is 2.36.